The Hall–Kier alpha value is -3.53. The van der Waals surface area contributed by atoms with E-state index in [1.165, 1.54) is 0 Å². The molecule has 0 radical (unpaired) electrons. The van der Waals surface area contributed by atoms with E-state index in [-0.39, 0.29) is 12.1 Å². The first-order valence-electron chi connectivity index (χ1n) is 8.58. The molecule has 0 bridgehead atoms. The molecule has 1 N–H and O–H groups in total. The van der Waals surface area contributed by atoms with Crippen LogP contribution in [-0.2, 0) is 11.3 Å². The molecule has 28 heavy (non-hydrogen) atoms. The number of amides is 1. The number of hydrogen-bond donors (Lipinski definition) is 1. The summed E-state index contributed by atoms with van der Waals surface area (Å²) in [5.41, 5.74) is 0.757. The van der Waals surface area contributed by atoms with E-state index in [1.54, 1.807) is 0 Å². The second-order valence-corrected chi connectivity index (χ2v) is 6.20. The molecule has 1 aliphatic heterocycles. The summed E-state index contributed by atoms with van der Waals surface area (Å²) in [6.45, 7) is 3.21. The molecule has 1 heterocycles. The van der Waals surface area contributed by atoms with Gasteiger partial charge in [-0.3, -0.25) is 25.0 Å². The predicted octanol–water partition coefficient (Wildman–Crippen LogP) is 2.27. The normalized spacial score (nSPS) is 13.8. The van der Waals surface area contributed by atoms with Crippen LogP contribution >= 0.6 is 0 Å². The maximum absolute atomic E-state index is 12.3. The van der Waals surface area contributed by atoms with Gasteiger partial charge in [-0.2, -0.15) is 0 Å². The molecule has 1 amide bonds. The maximum Gasteiger partial charge on any atom is 0.277 e. The topological polar surface area (TPSA) is 128 Å². The van der Waals surface area contributed by atoms with Crippen molar-refractivity contribution in [3.63, 3.8) is 0 Å². The molecule has 3 rings (SSSR count). The Bertz CT molecular complexity index is 861. The van der Waals surface area contributed by atoms with Crippen LogP contribution in [0.25, 0.3) is 0 Å². The number of nitro benzene ring substituents is 2. The van der Waals surface area contributed by atoms with Crippen molar-refractivity contribution < 1.29 is 19.4 Å². The van der Waals surface area contributed by atoms with Crippen molar-refractivity contribution >= 4 is 23.0 Å². The molecule has 0 atom stereocenters. The first-order chi connectivity index (χ1) is 13.4. The minimum atomic E-state index is -0.770. The molecule has 146 valence electrons. The average Bonchev–Trinajstić information content (AvgIpc) is 2.72. The summed E-state index contributed by atoms with van der Waals surface area (Å²) in [5, 5.41) is 24.5. The fraction of sp³-hybridized carbons (Fsp3) is 0.278. The van der Waals surface area contributed by atoms with E-state index in [0.29, 0.717) is 13.2 Å². The van der Waals surface area contributed by atoms with Gasteiger partial charge in [0.15, 0.2) is 0 Å². The second kappa shape index (κ2) is 8.44. The molecule has 1 saturated heterocycles. The third-order valence-electron chi connectivity index (χ3n) is 4.35. The molecular weight excluding hydrogens is 368 g/mol. The summed E-state index contributed by atoms with van der Waals surface area (Å²) >= 11 is 0. The standard InChI is InChI=1S/C18H18N4O6/c23-18(14-9-16(21(24)25)11-17(10-14)22(26)27)19-12-13-1-3-15(4-2-13)20-5-7-28-8-6-20/h1-4,9-11H,5-8,12H2,(H,19,23). The lowest BCUT2D eigenvalue weighted by atomic mass is 10.1. The summed E-state index contributed by atoms with van der Waals surface area (Å²) in [7, 11) is 0. The lowest BCUT2D eigenvalue weighted by Gasteiger charge is -2.28. The quantitative estimate of drug-likeness (QED) is 0.596. The van der Waals surface area contributed by atoms with Crippen LogP contribution in [0.3, 0.4) is 0 Å². The highest BCUT2D eigenvalue weighted by Gasteiger charge is 2.19. The summed E-state index contributed by atoms with van der Waals surface area (Å²) in [4.78, 5) is 34.8. The van der Waals surface area contributed by atoms with E-state index in [9.17, 15) is 25.0 Å². The van der Waals surface area contributed by atoms with E-state index >= 15 is 0 Å². The van der Waals surface area contributed by atoms with Crippen LogP contribution in [0.4, 0.5) is 17.1 Å². The van der Waals surface area contributed by atoms with E-state index in [2.05, 4.69) is 10.2 Å². The van der Waals surface area contributed by atoms with Gasteiger partial charge in [-0.05, 0) is 17.7 Å². The number of non-ortho nitro benzene ring substituents is 2. The van der Waals surface area contributed by atoms with Crippen molar-refractivity contribution in [2.75, 3.05) is 31.2 Å². The van der Waals surface area contributed by atoms with Gasteiger partial charge in [-0.25, -0.2) is 0 Å². The minimum absolute atomic E-state index is 0.133. The summed E-state index contributed by atoms with van der Waals surface area (Å²) in [6.07, 6.45) is 0. The molecule has 10 heteroatoms. The number of benzene rings is 2. The summed E-state index contributed by atoms with van der Waals surface area (Å²) in [6, 6.07) is 10.5. The highest BCUT2D eigenvalue weighted by molar-refractivity contribution is 5.95. The van der Waals surface area contributed by atoms with Crippen LogP contribution in [-0.4, -0.2) is 42.1 Å². The van der Waals surface area contributed by atoms with Crippen molar-refractivity contribution in [3.05, 3.63) is 73.8 Å². The van der Waals surface area contributed by atoms with E-state index in [1.807, 2.05) is 24.3 Å². The summed E-state index contributed by atoms with van der Waals surface area (Å²) in [5.74, 6) is -0.621. The Balaban J connectivity index is 1.66. The Kier molecular flexibility index (Phi) is 5.80. The van der Waals surface area contributed by atoms with Crippen LogP contribution in [0.5, 0.6) is 0 Å². The molecule has 1 aliphatic rings. The lowest BCUT2D eigenvalue weighted by Crippen LogP contribution is -2.36. The number of nitrogens with zero attached hydrogens (tertiary/aromatic N) is 3. The van der Waals surface area contributed by atoms with Gasteiger partial charge < -0.3 is 15.0 Å². The number of carbonyl (C=O) groups excluding carboxylic acids is 1. The molecule has 2 aromatic rings. The zero-order valence-corrected chi connectivity index (χ0v) is 14.9. The predicted molar refractivity (Wildman–Crippen MR) is 100 cm³/mol. The van der Waals surface area contributed by atoms with Gasteiger partial charge in [-0.1, -0.05) is 12.1 Å². The Morgan fingerprint density at radius 2 is 1.57 bits per heavy atom. The first-order valence-corrected chi connectivity index (χ1v) is 8.58. The van der Waals surface area contributed by atoms with Gasteiger partial charge >= 0.3 is 0 Å². The average molecular weight is 386 g/mol. The van der Waals surface area contributed by atoms with Crippen LogP contribution in [0, 0.1) is 20.2 Å². The van der Waals surface area contributed by atoms with Crippen LogP contribution in [0.15, 0.2) is 42.5 Å². The van der Waals surface area contributed by atoms with Crippen molar-refractivity contribution in [3.8, 4) is 0 Å². The minimum Gasteiger partial charge on any atom is -0.378 e. The van der Waals surface area contributed by atoms with Gasteiger partial charge in [0.1, 0.15) is 0 Å². The van der Waals surface area contributed by atoms with Gasteiger partial charge in [0.05, 0.1) is 34.7 Å². The van der Waals surface area contributed by atoms with Crippen LogP contribution in [0.2, 0.25) is 0 Å². The zero-order chi connectivity index (χ0) is 20.1. The van der Waals surface area contributed by atoms with E-state index in [0.717, 1.165) is 42.5 Å². The Morgan fingerprint density at radius 3 is 2.11 bits per heavy atom. The molecule has 2 aromatic carbocycles. The molecule has 10 nitrogen and oxygen atoms in total. The molecule has 0 unspecified atom stereocenters. The molecule has 0 aromatic heterocycles. The van der Waals surface area contributed by atoms with Gasteiger partial charge in [0.25, 0.3) is 17.3 Å². The fourth-order valence-corrected chi connectivity index (χ4v) is 2.87. The first kappa shape index (κ1) is 19.2. The third-order valence-corrected chi connectivity index (χ3v) is 4.35. The number of hydrogen-bond acceptors (Lipinski definition) is 7. The van der Waals surface area contributed by atoms with Crippen LogP contribution in [0.1, 0.15) is 15.9 Å². The zero-order valence-electron chi connectivity index (χ0n) is 14.9. The molecule has 0 aliphatic carbocycles. The Labute approximate surface area is 160 Å². The number of ether oxygens (including phenoxy) is 1. The SMILES string of the molecule is O=C(NCc1ccc(N2CCOCC2)cc1)c1cc([N+](=O)[O-])cc([N+](=O)[O-])c1. The van der Waals surface area contributed by atoms with Crippen molar-refractivity contribution in [1.82, 2.24) is 5.32 Å². The van der Waals surface area contributed by atoms with Gasteiger partial charge in [-0.15, -0.1) is 0 Å². The molecule has 0 spiro atoms. The van der Waals surface area contributed by atoms with E-state index < -0.39 is 27.1 Å². The number of morpholine rings is 1. The number of anilines is 1. The highest BCUT2D eigenvalue weighted by Crippen LogP contribution is 2.23. The van der Waals surface area contributed by atoms with Gasteiger partial charge in [0.2, 0.25) is 0 Å². The smallest absolute Gasteiger partial charge is 0.277 e. The molecule has 1 fully saturated rings. The highest BCUT2D eigenvalue weighted by atomic mass is 16.6. The van der Waals surface area contributed by atoms with Crippen molar-refractivity contribution in [2.24, 2.45) is 0 Å². The number of nitrogens with one attached hydrogen (secondary N) is 1. The molecular formula is C18H18N4O6. The molecule has 0 saturated carbocycles. The van der Waals surface area contributed by atoms with Crippen LogP contribution < -0.4 is 10.2 Å². The van der Waals surface area contributed by atoms with E-state index in [4.69, 9.17) is 4.74 Å². The second-order valence-electron chi connectivity index (χ2n) is 6.20. The largest absolute Gasteiger partial charge is 0.378 e. The number of rotatable bonds is 6. The summed E-state index contributed by atoms with van der Waals surface area (Å²) < 4.78 is 5.32. The Morgan fingerprint density at radius 1 is 1.00 bits per heavy atom. The maximum atomic E-state index is 12.3. The van der Waals surface area contributed by atoms with Crippen molar-refractivity contribution in [1.29, 1.82) is 0 Å². The van der Waals surface area contributed by atoms with Gasteiger partial charge in [0, 0.05) is 37.5 Å². The monoisotopic (exact) mass is 386 g/mol. The number of nitro groups is 2. The van der Waals surface area contributed by atoms with Crippen molar-refractivity contribution in [2.45, 2.75) is 6.54 Å². The lowest BCUT2D eigenvalue weighted by molar-refractivity contribution is -0.394. The third kappa shape index (κ3) is 4.60. The fourth-order valence-electron chi connectivity index (χ4n) is 2.87. The number of carbonyl (C=O) groups is 1.